The van der Waals surface area contributed by atoms with Crippen LogP contribution in [0.5, 0.6) is 5.75 Å². The smallest absolute Gasteiger partial charge is 0.458 e. The molecule has 0 atom stereocenters. The quantitative estimate of drug-likeness (QED) is 0.691. The Morgan fingerprint density at radius 1 is 1.23 bits per heavy atom. The monoisotopic (exact) mass is 448 g/mol. The fourth-order valence-electron chi connectivity index (χ4n) is 4.34. The number of ether oxygens (including phenoxy) is 1. The molecule has 1 saturated heterocycles. The third-order valence-corrected chi connectivity index (χ3v) is 5.68. The fourth-order valence-corrected chi connectivity index (χ4v) is 4.34. The van der Waals surface area contributed by atoms with Gasteiger partial charge in [-0.25, -0.2) is 0 Å². The molecule has 2 aliphatic rings. The Labute approximate surface area is 177 Å². The average molecular weight is 448 g/mol. The third-order valence-electron chi connectivity index (χ3n) is 5.68. The zero-order valence-electron chi connectivity index (χ0n) is 17.7. The average Bonchev–Trinajstić information content (AvgIpc) is 3.04. The zero-order chi connectivity index (χ0) is 23.4. The van der Waals surface area contributed by atoms with Crippen molar-refractivity contribution >= 4 is 11.6 Å². The highest BCUT2D eigenvalue weighted by molar-refractivity contribution is 5.92. The van der Waals surface area contributed by atoms with Crippen LogP contribution in [0.15, 0.2) is 17.8 Å². The Kier molecular flexibility index (Phi) is 5.75. The molecule has 1 N–H and O–H groups in total. The van der Waals surface area contributed by atoms with E-state index in [1.54, 1.807) is 25.8 Å². The number of carbonyl (C=O) groups is 1. The first-order chi connectivity index (χ1) is 14.2. The Hall–Kier alpha value is -2.36. The van der Waals surface area contributed by atoms with Crippen molar-refractivity contribution in [1.29, 1.82) is 0 Å². The molecule has 1 aromatic rings. The number of alkyl halides is 5. The summed E-state index contributed by atoms with van der Waals surface area (Å²) < 4.78 is 74.0. The van der Waals surface area contributed by atoms with E-state index in [2.05, 4.69) is 0 Å². The first-order valence-corrected chi connectivity index (χ1v) is 9.89. The molecule has 0 spiro atoms. The van der Waals surface area contributed by atoms with Crippen LogP contribution in [0, 0.1) is 6.92 Å². The van der Waals surface area contributed by atoms with Crippen LogP contribution in [0.25, 0.3) is 5.70 Å². The van der Waals surface area contributed by atoms with Crippen LogP contribution in [0.3, 0.4) is 0 Å². The van der Waals surface area contributed by atoms with Crippen LogP contribution >= 0.6 is 0 Å². The normalized spacial score (nSPS) is 18.9. The summed E-state index contributed by atoms with van der Waals surface area (Å²) >= 11 is 0. The Balaban J connectivity index is 2.36. The number of fused-ring (bicyclic) bond motifs is 1. The number of benzene rings is 1. The SMILES string of the molecule is Cc1c(C(F)(F)C(F)(F)F)ccc2c1C(N1CCCC1=O)=C(N(C)CCO)C(C)(C)O2. The molecule has 2 heterocycles. The van der Waals surface area contributed by atoms with Crippen molar-refractivity contribution in [3.63, 3.8) is 0 Å². The van der Waals surface area contributed by atoms with E-state index in [1.807, 2.05) is 0 Å². The maximum Gasteiger partial charge on any atom is 0.458 e. The highest BCUT2D eigenvalue weighted by Gasteiger charge is 2.60. The molecule has 31 heavy (non-hydrogen) atoms. The van der Waals surface area contributed by atoms with E-state index >= 15 is 0 Å². The topological polar surface area (TPSA) is 53.0 Å². The summed E-state index contributed by atoms with van der Waals surface area (Å²) in [7, 11) is 1.64. The van der Waals surface area contributed by atoms with E-state index in [9.17, 15) is 31.9 Å². The van der Waals surface area contributed by atoms with Gasteiger partial charge in [0, 0.05) is 37.7 Å². The molecule has 0 aliphatic carbocycles. The number of likely N-dealkylation sites (tertiary alicyclic amines) is 1. The lowest BCUT2D eigenvalue weighted by Gasteiger charge is -2.43. The summed E-state index contributed by atoms with van der Waals surface area (Å²) in [6.45, 7) is 4.84. The van der Waals surface area contributed by atoms with Crippen LogP contribution in [0.4, 0.5) is 22.0 Å². The van der Waals surface area contributed by atoms with Gasteiger partial charge in [0.05, 0.1) is 18.0 Å². The zero-order valence-corrected chi connectivity index (χ0v) is 17.7. The summed E-state index contributed by atoms with van der Waals surface area (Å²) in [4.78, 5) is 15.7. The number of rotatable bonds is 5. The molecule has 1 fully saturated rings. The van der Waals surface area contributed by atoms with Gasteiger partial charge in [-0.15, -0.1) is 0 Å². The molecule has 1 aromatic carbocycles. The fraction of sp³-hybridized carbons (Fsp3) is 0.571. The largest absolute Gasteiger partial charge is 0.481 e. The number of amides is 1. The number of nitrogens with zero attached hydrogens (tertiary/aromatic N) is 2. The van der Waals surface area contributed by atoms with Gasteiger partial charge in [0.25, 0.3) is 0 Å². The minimum absolute atomic E-state index is 0.0378. The van der Waals surface area contributed by atoms with E-state index in [-0.39, 0.29) is 48.1 Å². The molecule has 0 bridgehead atoms. The molecule has 0 aromatic heterocycles. The van der Waals surface area contributed by atoms with Crippen LogP contribution < -0.4 is 4.74 Å². The minimum atomic E-state index is -5.77. The number of aliphatic hydroxyl groups is 1. The molecule has 3 rings (SSSR count). The minimum Gasteiger partial charge on any atom is -0.481 e. The molecule has 2 aliphatic heterocycles. The summed E-state index contributed by atoms with van der Waals surface area (Å²) in [5, 5.41) is 9.42. The Morgan fingerprint density at radius 2 is 1.87 bits per heavy atom. The van der Waals surface area contributed by atoms with E-state index in [0.717, 1.165) is 12.1 Å². The predicted molar refractivity (Wildman–Crippen MR) is 103 cm³/mol. The van der Waals surface area contributed by atoms with Crippen LogP contribution in [-0.4, -0.2) is 59.3 Å². The van der Waals surface area contributed by atoms with Crippen molar-refractivity contribution in [2.75, 3.05) is 26.7 Å². The van der Waals surface area contributed by atoms with Gasteiger partial charge in [-0.3, -0.25) is 4.79 Å². The number of carbonyl (C=O) groups excluding carboxylic acids is 1. The standard InChI is InChI=1S/C21H25F5N2O3/c1-12-13(20(22,23)21(24,25)26)7-8-14-16(12)17(28-9-5-6-15(28)30)18(19(2,3)31-14)27(4)10-11-29/h7-8,29H,5-6,9-11H2,1-4H3. The van der Waals surface area contributed by atoms with Gasteiger partial charge in [0.2, 0.25) is 5.91 Å². The van der Waals surface area contributed by atoms with Gasteiger partial charge >= 0.3 is 12.1 Å². The highest BCUT2D eigenvalue weighted by atomic mass is 19.4. The molecule has 0 radical (unpaired) electrons. The van der Waals surface area contributed by atoms with Crippen molar-refractivity contribution < 1.29 is 36.6 Å². The molecular weight excluding hydrogens is 423 g/mol. The molecule has 0 saturated carbocycles. The first-order valence-electron chi connectivity index (χ1n) is 9.89. The van der Waals surface area contributed by atoms with Crippen molar-refractivity contribution in [1.82, 2.24) is 9.80 Å². The maximum absolute atomic E-state index is 14.3. The second-order valence-electron chi connectivity index (χ2n) is 8.29. The van der Waals surface area contributed by atoms with Gasteiger partial charge in [-0.2, -0.15) is 22.0 Å². The van der Waals surface area contributed by atoms with E-state index in [4.69, 9.17) is 4.74 Å². The first kappa shape index (κ1) is 23.3. The van der Waals surface area contributed by atoms with Gasteiger partial charge in [-0.1, -0.05) is 0 Å². The van der Waals surface area contributed by atoms with Gasteiger partial charge in [0.15, 0.2) is 0 Å². The van der Waals surface area contributed by atoms with E-state index in [0.29, 0.717) is 18.7 Å². The predicted octanol–water partition coefficient (Wildman–Crippen LogP) is 4.04. The Morgan fingerprint density at radius 3 is 2.39 bits per heavy atom. The lowest BCUT2D eigenvalue weighted by molar-refractivity contribution is -0.289. The highest BCUT2D eigenvalue weighted by Crippen LogP contribution is 2.51. The van der Waals surface area contributed by atoms with Crippen LogP contribution in [0.2, 0.25) is 0 Å². The van der Waals surface area contributed by atoms with Crippen LogP contribution in [0.1, 0.15) is 43.4 Å². The summed E-state index contributed by atoms with van der Waals surface area (Å²) in [5.74, 6) is -5.20. The second-order valence-corrected chi connectivity index (χ2v) is 8.29. The van der Waals surface area contributed by atoms with Crippen molar-refractivity contribution in [2.24, 2.45) is 0 Å². The second kappa shape index (κ2) is 7.65. The number of likely N-dealkylation sites (N-methyl/N-ethyl adjacent to an activating group) is 1. The van der Waals surface area contributed by atoms with Crippen molar-refractivity contribution in [2.45, 2.75) is 51.3 Å². The van der Waals surface area contributed by atoms with Gasteiger partial charge < -0.3 is 19.6 Å². The lowest BCUT2D eigenvalue weighted by atomic mass is 9.87. The van der Waals surface area contributed by atoms with Gasteiger partial charge in [-0.05, 0) is 44.9 Å². The third kappa shape index (κ3) is 3.75. The lowest BCUT2D eigenvalue weighted by Crippen LogP contribution is -2.46. The number of hydrogen-bond acceptors (Lipinski definition) is 4. The van der Waals surface area contributed by atoms with E-state index < -0.39 is 23.3 Å². The van der Waals surface area contributed by atoms with Crippen molar-refractivity contribution in [3.8, 4) is 5.75 Å². The molecule has 172 valence electrons. The number of halogens is 5. The van der Waals surface area contributed by atoms with E-state index in [1.165, 1.54) is 11.8 Å². The summed E-state index contributed by atoms with van der Waals surface area (Å²) in [6, 6.07) is 1.83. The summed E-state index contributed by atoms with van der Waals surface area (Å²) in [6.07, 6.45) is -4.99. The summed E-state index contributed by atoms with van der Waals surface area (Å²) in [5.41, 5.74) is -1.80. The molecule has 5 nitrogen and oxygen atoms in total. The van der Waals surface area contributed by atoms with Gasteiger partial charge in [0.1, 0.15) is 11.4 Å². The van der Waals surface area contributed by atoms with Crippen molar-refractivity contribution in [3.05, 3.63) is 34.5 Å². The molecule has 0 unspecified atom stereocenters. The molecule has 10 heteroatoms. The number of aliphatic hydroxyl groups excluding tert-OH is 1. The number of hydrogen-bond donors (Lipinski definition) is 1. The molecule has 1 amide bonds. The van der Waals surface area contributed by atoms with Crippen LogP contribution in [-0.2, 0) is 10.7 Å². The molecular formula is C21H25F5N2O3. The Bertz CT molecular complexity index is 924. The maximum atomic E-state index is 14.3.